The standard InChI is InChI=1S/C80H52N2O2/c1-5-24-53(25-6-1)79(54-26-7-2-8-27-54)68-39-18-14-36-65(68)77-69(79)40-22-41-71(77)82(72-42-23-45-75-78(72)66-37-16-20-44-74(66)83-75)58-33-21-32-57(50-58)81(60-47-49-64-63-35-15-19-43-73(63)84-76(64)52-60)59-46-48-62-61-34-13-17-38-67(61)80(70(62)51-59,55-28-9-3-10-29-55)56-30-11-4-12-31-56/h1-52H. The Morgan fingerprint density at radius 3 is 1.35 bits per heavy atom. The maximum atomic E-state index is 6.74. The molecule has 394 valence electrons. The van der Waals surface area contributed by atoms with Gasteiger partial charge < -0.3 is 18.6 Å². The summed E-state index contributed by atoms with van der Waals surface area (Å²) in [4.78, 5) is 4.91. The van der Waals surface area contributed by atoms with E-state index in [0.717, 1.165) is 78.0 Å². The number of fused-ring (bicyclic) bond motifs is 12. The van der Waals surface area contributed by atoms with Crippen LogP contribution in [0.15, 0.2) is 324 Å². The molecule has 0 aliphatic heterocycles. The van der Waals surface area contributed by atoms with Gasteiger partial charge >= 0.3 is 0 Å². The highest BCUT2D eigenvalue weighted by atomic mass is 16.3. The fourth-order valence-electron chi connectivity index (χ4n) is 14.7. The molecule has 0 spiro atoms. The molecule has 0 saturated heterocycles. The molecule has 0 N–H and O–H groups in total. The summed E-state index contributed by atoms with van der Waals surface area (Å²) >= 11 is 0. The number of hydrogen-bond acceptors (Lipinski definition) is 4. The number of rotatable bonds is 10. The van der Waals surface area contributed by atoms with Crippen molar-refractivity contribution in [1.82, 2.24) is 0 Å². The Morgan fingerprint density at radius 2 is 0.667 bits per heavy atom. The zero-order valence-electron chi connectivity index (χ0n) is 45.7. The Hall–Kier alpha value is -10.9. The molecule has 0 amide bonds. The van der Waals surface area contributed by atoms with E-state index in [-0.39, 0.29) is 0 Å². The van der Waals surface area contributed by atoms with Crippen LogP contribution in [0.3, 0.4) is 0 Å². The number of para-hydroxylation sites is 2. The lowest BCUT2D eigenvalue weighted by molar-refractivity contribution is 0.668. The van der Waals surface area contributed by atoms with Crippen molar-refractivity contribution in [2.45, 2.75) is 10.8 Å². The third-order valence-corrected chi connectivity index (χ3v) is 18.0. The van der Waals surface area contributed by atoms with Gasteiger partial charge in [0, 0.05) is 50.5 Å². The van der Waals surface area contributed by atoms with Crippen LogP contribution in [0.5, 0.6) is 0 Å². The molecule has 4 nitrogen and oxygen atoms in total. The minimum absolute atomic E-state index is 0.609. The monoisotopic (exact) mass is 1070 g/mol. The summed E-state index contributed by atoms with van der Waals surface area (Å²) in [6.07, 6.45) is 0. The highest BCUT2D eigenvalue weighted by molar-refractivity contribution is 6.14. The van der Waals surface area contributed by atoms with Gasteiger partial charge in [0.25, 0.3) is 0 Å². The van der Waals surface area contributed by atoms with Crippen LogP contribution in [-0.2, 0) is 10.8 Å². The summed E-state index contributed by atoms with van der Waals surface area (Å²) in [7, 11) is 0. The maximum Gasteiger partial charge on any atom is 0.137 e. The predicted molar refractivity (Wildman–Crippen MR) is 345 cm³/mol. The molecule has 17 rings (SSSR count). The Labute approximate surface area is 487 Å². The maximum absolute atomic E-state index is 6.74. The van der Waals surface area contributed by atoms with Gasteiger partial charge in [-0.2, -0.15) is 0 Å². The van der Waals surface area contributed by atoms with E-state index >= 15 is 0 Å². The van der Waals surface area contributed by atoms with E-state index in [9.17, 15) is 0 Å². The summed E-state index contributed by atoms with van der Waals surface area (Å²) in [5.74, 6) is 0. The summed E-state index contributed by atoms with van der Waals surface area (Å²) in [6, 6.07) is 115. The van der Waals surface area contributed by atoms with Gasteiger partial charge in [0.05, 0.1) is 27.6 Å². The van der Waals surface area contributed by atoms with E-state index in [2.05, 4.69) is 319 Å². The summed E-state index contributed by atoms with van der Waals surface area (Å²) < 4.78 is 13.5. The minimum Gasteiger partial charge on any atom is -0.456 e. The summed E-state index contributed by atoms with van der Waals surface area (Å²) in [6.45, 7) is 0. The van der Waals surface area contributed by atoms with Crippen LogP contribution in [-0.4, -0.2) is 0 Å². The van der Waals surface area contributed by atoms with Crippen LogP contribution in [0.1, 0.15) is 44.5 Å². The highest BCUT2D eigenvalue weighted by Gasteiger charge is 2.48. The fourth-order valence-corrected chi connectivity index (χ4v) is 14.7. The molecule has 0 unspecified atom stereocenters. The molecular formula is C80H52N2O2. The molecule has 0 saturated carbocycles. The lowest BCUT2D eigenvalue weighted by atomic mass is 9.67. The van der Waals surface area contributed by atoms with Crippen LogP contribution in [0, 0.1) is 0 Å². The largest absolute Gasteiger partial charge is 0.456 e. The van der Waals surface area contributed by atoms with E-state index in [4.69, 9.17) is 8.83 Å². The van der Waals surface area contributed by atoms with Crippen LogP contribution < -0.4 is 9.80 Å². The smallest absolute Gasteiger partial charge is 0.137 e. The Morgan fingerprint density at radius 1 is 0.238 bits per heavy atom. The van der Waals surface area contributed by atoms with Crippen molar-refractivity contribution < 1.29 is 8.83 Å². The van der Waals surface area contributed by atoms with E-state index in [1.807, 2.05) is 6.07 Å². The Balaban J connectivity index is 0.941. The van der Waals surface area contributed by atoms with Gasteiger partial charge in [-0.25, -0.2) is 0 Å². The first-order valence-corrected chi connectivity index (χ1v) is 28.9. The zero-order chi connectivity index (χ0) is 55.3. The van der Waals surface area contributed by atoms with Gasteiger partial charge in [0.2, 0.25) is 0 Å². The second kappa shape index (κ2) is 18.8. The van der Waals surface area contributed by atoms with Crippen LogP contribution in [0.2, 0.25) is 0 Å². The van der Waals surface area contributed by atoms with E-state index in [1.54, 1.807) is 0 Å². The first-order chi connectivity index (χ1) is 41.7. The quantitative estimate of drug-likeness (QED) is 0.137. The number of anilines is 6. The van der Waals surface area contributed by atoms with Crippen molar-refractivity contribution >= 4 is 78.0 Å². The molecule has 0 atom stereocenters. The number of benzene rings is 13. The van der Waals surface area contributed by atoms with Crippen LogP contribution in [0.25, 0.3) is 66.1 Å². The van der Waals surface area contributed by atoms with Crippen molar-refractivity contribution in [3.05, 3.63) is 360 Å². The molecule has 0 fully saturated rings. The normalized spacial score (nSPS) is 13.4. The van der Waals surface area contributed by atoms with Crippen molar-refractivity contribution in [3.8, 4) is 22.3 Å². The molecule has 2 heterocycles. The van der Waals surface area contributed by atoms with E-state index < -0.39 is 10.8 Å². The van der Waals surface area contributed by atoms with Crippen molar-refractivity contribution in [1.29, 1.82) is 0 Å². The lowest BCUT2D eigenvalue weighted by Gasteiger charge is -2.35. The van der Waals surface area contributed by atoms with Gasteiger partial charge in [-0.3, -0.25) is 0 Å². The summed E-state index contributed by atoms with van der Waals surface area (Å²) in [5.41, 5.74) is 22.8. The number of furan rings is 2. The molecular weight excluding hydrogens is 1020 g/mol. The Bertz CT molecular complexity index is 4960. The van der Waals surface area contributed by atoms with E-state index in [1.165, 1.54) is 66.8 Å². The molecule has 13 aromatic carbocycles. The highest BCUT2D eigenvalue weighted by Crippen LogP contribution is 2.61. The van der Waals surface area contributed by atoms with Gasteiger partial charge in [0.1, 0.15) is 22.3 Å². The minimum atomic E-state index is -0.611. The molecule has 4 heteroatoms. The first kappa shape index (κ1) is 47.8. The van der Waals surface area contributed by atoms with Crippen molar-refractivity contribution in [3.63, 3.8) is 0 Å². The number of hydrogen-bond donors (Lipinski definition) is 0. The topological polar surface area (TPSA) is 32.8 Å². The van der Waals surface area contributed by atoms with Gasteiger partial charge in [-0.15, -0.1) is 0 Å². The molecule has 0 bridgehead atoms. The van der Waals surface area contributed by atoms with Crippen molar-refractivity contribution in [2.75, 3.05) is 9.80 Å². The third-order valence-electron chi connectivity index (χ3n) is 18.0. The average molecular weight is 1070 g/mol. The van der Waals surface area contributed by atoms with Crippen LogP contribution in [0.4, 0.5) is 34.1 Å². The second-order valence-corrected chi connectivity index (χ2v) is 22.2. The summed E-state index contributed by atoms with van der Waals surface area (Å²) in [5, 5.41) is 4.27. The molecule has 0 radical (unpaired) electrons. The van der Waals surface area contributed by atoms with Crippen molar-refractivity contribution in [2.24, 2.45) is 0 Å². The third kappa shape index (κ3) is 6.89. The second-order valence-electron chi connectivity index (χ2n) is 22.2. The fraction of sp³-hybridized carbons (Fsp3) is 0.0250. The average Bonchev–Trinajstić information content (AvgIpc) is 2.20. The lowest BCUT2D eigenvalue weighted by Crippen LogP contribution is -2.28. The first-order valence-electron chi connectivity index (χ1n) is 28.9. The SMILES string of the molecule is c1ccc(C2(c3ccccc3)c3ccccc3-c3ccc(N(c4cccc(N(c5cccc6c5-c5ccccc5C6(c5ccccc5)c5ccccc5)c5cccc6oc7ccccc7c56)c4)c4ccc5c(c4)oc4ccccc45)cc32)cc1. The molecule has 2 aliphatic rings. The van der Waals surface area contributed by atoms with E-state index in [0.29, 0.717) is 0 Å². The van der Waals surface area contributed by atoms with Gasteiger partial charge in [-0.05, 0) is 134 Å². The molecule has 15 aromatic rings. The zero-order valence-corrected chi connectivity index (χ0v) is 45.7. The molecule has 2 aliphatic carbocycles. The molecule has 84 heavy (non-hydrogen) atoms. The van der Waals surface area contributed by atoms with Crippen LogP contribution >= 0.6 is 0 Å². The predicted octanol–water partition coefficient (Wildman–Crippen LogP) is 21.2. The Kier molecular flexibility index (Phi) is 10.7. The molecule has 2 aromatic heterocycles. The number of nitrogens with zero attached hydrogens (tertiary/aromatic N) is 2. The van der Waals surface area contributed by atoms with Gasteiger partial charge in [0.15, 0.2) is 0 Å². The van der Waals surface area contributed by atoms with Gasteiger partial charge in [-0.1, -0.05) is 237 Å².